The smallest absolute Gasteiger partial charge is 0.242 e. The molecule has 1 aliphatic heterocycles. The summed E-state index contributed by atoms with van der Waals surface area (Å²) in [6, 6.07) is 6.95. The fourth-order valence-electron chi connectivity index (χ4n) is 2.41. The highest BCUT2D eigenvalue weighted by atomic mass is 32.2. The third kappa shape index (κ3) is 3.31. The van der Waals surface area contributed by atoms with Crippen LogP contribution in [0.2, 0.25) is 0 Å². The van der Waals surface area contributed by atoms with E-state index in [-0.39, 0.29) is 4.90 Å². The number of para-hydroxylation sites is 1. The number of aliphatic hydroxyl groups is 1. The van der Waals surface area contributed by atoms with Gasteiger partial charge in [0, 0.05) is 19.6 Å². The number of hydrogen-bond acceptors (Lipinski definition) is 4. The predicted molar refractivity (Wildman–Crippen MR) is 79.4 cm³/mol. The third-order valence-corrected chi connectivity index (χ3v) is 5.00. The molecule has 1 saturated heterocycles. The largest absolute Gasteiger partial charge is 0.388 e. The normalized spacial score (nSPS) is 23.2. The van der Waals surface area contributed by atoms with Gasteiger partial charge in [-0.3, -0.25) is 0 Å². The van der Waals surface area contributed by atoms with Gasteiger partial charge in [-0.2, -0.15) is 0 Å². The first-order valence-corrected chi connectivity index (χ1v) is 8.40. The second-order valence-electron chi connectivity index (χ2n) is 5.53. The number of sulfonamides is 1. The van der Waals surface area contributed by atoms with Gasteiger partial charge < -0.3 is 10.0 Å². The molecule has 0 aromatic heterocycles. The molecule has 5 nitrogen and oxygen atoms in total. The minimum atomic E-state index is -3.50. The van der Waals surface area contributed by atoms with Crippen molar-refractivity contribution in [2.45, 2.75) is 37.2 Å². The Hall–Kier alpha value is -1.11. The number of nitrogens with zero attached hydrogens (tertiary/aromatic N) is 1. The Morgan fingerprint density at radius 1 is 1.40 bits per heavy atom. The molecule has 20 heavy (non-hydrogen) atoms. The third-order valence-electron chi connectivity index (χ3n) is 3.49. The van der Waals surface area contributed by atoms with Crippen molar-refractivity contribution in [2.75, 3.05) is 24.5 Å². The van der Waals surface area contributed by atoms with Gasteiger partial charge in [-0.05, 0) is 31.9 Å². The molecule has 0 radical (unpaired) electrons. The predicted octanol–water partition coefficient (Wildman–Crippen LogP) is 1.34. The van der Waals surface area contributed by atoms with Gasteiger partial charge in [0.25, 0.3) is 0 Å². The van der Waals surface area contributed by atoms with Crippen molar-refractivity contribution in [2.24, 2.45) is 0 Å². The van der Waals surface area contributed by atoms with E-state index in [0.717, 1.165) is 6.42 Å². The van der Waals surface area contributed by atoms with Gasteiger partial charge in [0.15, 0.2) is 0 Å². The molecule has 1 unspecified atom stereocenters. The molecule has 0 saturated carbocycles. The monoisotopic (exact) mass is 298 g/mol. The molecular weight excluding hydrogens is 276 g/mol. The summed E-state index contributed by atoms with van der Waals surface area (Å²) < 4.78 is 27.3. The molecule has 2 rings (SSSR count). The molecule has 1 heterocycles. The molecule has 1 atom stereocenters. The van der Waals surface area contributed by atoms with Gasteiger partial charge in [-0.15, -0.1) is 0 Å². The lowest BCUT2D eigenvalue weighted by Gasteiger charge is -2.23. The SMILES string of the molecule is CCCNS(=O)(=O)c1ccccc1N1CCC(C)(O)C1. The van der Waals surface area contributed by atoms with E-state index in [1.54, 1.807) is 25.1 Å². The molecule has 0 amide bonds. The molecule has 1 fully saturated rings. The lowest BCUT2D eigenvalue weighted by Crippen LogP contribution is -2.31. The molecule has 0 aliphatic carbocycles. The van der Waals surface area contributed by atoms with E-state index in [2.05, 4.69) is 4.72 Å². The average Bonchev–Trinajstić information content (AvgIpc) is 2.77. The first-order valence-electron chi connectivity index (χ1n) is 6.92. The highest BCUT2D eigenvalue weighted by Gasteiger charge is 2.33. The summed E-state index contributed by atoms with van der Waals surface area (Å²) in [5.41, 5.74) is -0.0952. The minimum absolute atomic E-state index is 0.283. The molecule has 112 valence electrons. The summed E-state index contributed by atoms with van der Waals surface area (Å²) in [5.74, 6) is 0. The highest BCUT2D eigenvalue weighted by molar-refractivity contribution is 7.89. The Morgan fingerprint density at radius 3 is 2.70 bits per heavy atom. The Balaban J connectivity index is 2.32. The number of rotatable bonds is 5. The first-order chi connectivity index (χ1) is 9.36. The van der Waals surface area contributed by atoms with Crippen LogP contribution in [-0.2, 0) is 10.0 Å². The van der Waals surface area contributed by atoms with Crippen LogP contribution in [0.1, 0.15) is 26.7 Å². The van der Waals surface area contributed by atoms with Crippen LogP contribution in [-0.4, -0.2) is 38.8 Å². The van der Waals surface area contributed by atoms with Crippen LogP contribution in [0.3, 0.4) is 0 Å². The zero-order chi connectivity index (χ0) is 14.8. The van der Waals surface area contributed by atoms with Crippen LogP contribution in [0.15, 0.2) is 29.2 Å². The number of nitrogens with one attached hydrogen (secondary N) is 1. The zero-order valence-electron chi connectivity index (χ0n) is 12.0. The summed E-state index contributed by atoms with van der Waals surface area (Å²) in [4.78, 5) is 2.21. The second kappa shape index (κ2) is 5.71. The summed E-state index contributed by atoms with van der Waals surface area (Å²) in [6.07, 6.45) is 1.39. The van der Waals surface area contributed by atoms with E-state index >= 15 is 0 Å². The van der Waals surface area contributed by atoms with Gasteiger partial charge in [-0.1, -0.05) is 19.1 Å². The van der Waals surface area contributed by atoms with Crippen molar-refractivity contribution in [3.63, 3.8) is 0 Å². The van der Waals surface area contributed by atoms with Gasteiger partial charge in [0.1, 0.15) is 4.90 Å². The fraction of sp³-hybridized carbons (Fsp3) is 0.571. The highest BCUT2D eigenvalue weighted by Crippen LogP contribution is 2.31. The quantitative estimate of drug-likeness (QED) is 0.860. The maximum Gasteiger partial charge on any atom is 0.242 e. The summed E-state index contributed by atoms with van der Waals surface area (Å²) >= 11 is 0. The summed E-state index contributed by atoms with van der Waals surface area (Å²) in [6.45, 7) is 5.24. The number of hydrogen-bond donors (Lipinski definition) is 2. The lowest BCUT2D eigenvalue weighted by atomic mass is 10.1. The van der Waals surface area contributed by atoms with Crippen LogP contribution < -0.4 is 9.62 Å². The topological polar surface area (TPSA) is 69.6 Å². The Morgan fingerprint density at radius 2 is 2.10 bits per heavy atom. The Labute approximate surface area is 120 Å². The molecule has 2 N–H and O–H groups in total. The molecular formula is C14H22N2O3S. The standard InChI is InChI=1S/C14H22N2O3S/c1-3-9-15-20(18,19)13-7-5-4-6-12(13)16-10-8-14(2,17)11-16/h4-7,15,17H,3,8-11H2,1-2H3. The van der Waals surface area contributed by atoms with Crippen LogP contribution >= 0.6 is 0 Å². The molecule has 0 bridgehead atoms. The number of benzene rings is 1. The van der Waals surface area contributed by atoms with E-state index in [0.29, 0.717) is 31.7 Å². The van der Waals surface area contributed by atoms with Gasteiger partial charge in [0.05, 0.1) is 11.3 Å². The molecule has 6 heteroatoms. The van der Waals surface area contributed by atoms with Crippen LogP contribution in [0, 0.1) is 0 Å². The summed E-state index contributed by atoms with van der Waals surface area (Å²) in [5, 5.41) is 10.1. The molecule has 1 aromatic rings. The average molecular weight is 298 g/mol. The van der Waals surface area contributed by atoms with Crippen molar-refractivity contribution in [1.82, 2.24) is 4.72 Å². The zero-order valence-corrected chi connectivity index (χ0v) is 12.8. The van der Waals surface area contributed by atoms with E-state index in [4.69, 9.17) is 0 Å². The second-order valence-corrected chi connectivity index (χ2v) is 7.27. The van der Waals surface area contributed by atoms with Crippen molar-refractivity contribution in [3.05, 3.63) is 24.3 Å². The van der Waals surface area contributed by atoms with Crippen LogP contribution in [0.25, 0.3) is 0 Å². The minimum Gasteiger partial charge on any atom is -0.388 e. The van der Waals surface area contributed by atoms with Crippen LogP contribution in [0.5, 0.6) is 0 Å². The fourth-order valence-corrected chi connectivity index (χ4v) is 3.77. The lowest BCUT2D eigenvalue weighted by molar-refractivity contribution is 0.0839. The Kier molecular flexibility index (Phi) is 4.36. The van der Waals surface area contributed by atoms with E-state index < -0.39 is 15.6 Å². The van der Waals surface area contributed by atoms with Crippen molar-refractivity contribution in [3.8, 4) is 0 Å². The van der Waals surface area contributed by atoms with Crippen molar-refractivity contribution in [1.29, 1.82) is 0 Å². The van der Waals surface area contributed by atoms with E-state index in [9.17, 15) is 13.5 Å². The summed E-state index contributed by atoms with van der Waals surface area (Å²) in [7, 11) is -3.50. The number of anilines is 1. The van der Waals surface area contributed by atoms with Gasteiger partial charge in [0.2, 0.25) is 10.0 Å². The molecule has 1 aromatic carbocycles. The van der Waals surface area contributed by atoms with Gasteiger partial charge >= 0.3 is 0 Å². The van der Waals surface area contributed by atoms with Crippen LogP contribution in [0.4, 0.5) is 5.69 Å². The Bertz CT molecular complexity index is 570. The van der Waals surface area contributed by atoms with Crippen molar-refractivity contribution < 1.29 is 13.5 Å². The molecule has 0 spiro atoms. The molecule has 1 aliphatic rings. The van der Waals surface area contributed by atoms with E-state index in [1.165, 1.54) is 0 Å². The number of β-amino-alcohol motifs (C(OH)–C–C–N with tert-alkyl or cyclic N) is 1. The maximum atomic E-state index is 12.3. The van der Waals surface area contributed by atoms with E-state index in [1.807, 2.05) is 17.9 Å². The first kappa shape index (κ1) is 15.3. The van der Waals surface area contributed by atoms with Crippen molar-refractivity contribution >= 4 is 15.7 Å². The maximum absolute atomic E-state index is 12.3. The van der Waals surface area contributed by atoms with Gasteiger partial charge in [-0.25, -0.2) is 13.1 Å².